The van der Waals surface area contributed by atoms with Crippen LogP contribution in [0.2, 0.25) is 0 Å². The largest absolute Gasteiger partial charge is 0.360 e. The van der Waals surface area contributed by atoms with Crippen molar-refractivity contribution >= 4 is 11.3 Å². The molecule has 0 saturated carbocycles. The van der Waals surface area contributed by atoms with Gasteiger partial charge in [0, 0.05) is 11.9 Å². The Bertz CT molecular complexity index is 831. The van der Waals surface area contributed by atoms with E-state index >= 15 is 0 Å². The predicted octanol–water partition coefficient (Wildman–Crippen LogP) is 2.77. The van der Waals surface area contributed by atoms with E-state index in [1.165, 1.54) is 5.56 Å². The molecule has 0 radical (unpaired) electrons. The number of allylic oxidation sites excluding steroid dienone is 1. The molecule has 1 heterocycles. The number of nitriles is 1. The highest BCUT2D eigenvalue weighted by Crippen LogP contribution is 2.20. The molecule has 0 bridgehead atoms. The Morgan fingerprint density at radius 3 is 2.65 bits per heavy atom. The number of nitrogens with one attached hydrogen (secondary N) is 2. The fraction of sp³-hybridized carbons (Fsp3) is 0.0588. The fourth-order valence-electron chi connectivity index (χ4n) is 2.20. The first-order valence-corrected chi connectivity index (χ1v) is 7.09. The third-order valence-electron chi connectivity index (χ3n) is 3.33. The van der Waals surface area contributed by atoms with Crippen LogP contribution in [0.1, 0.15) is 17.0 Å². The van der Waals surface area contributed by atoms with Gasteiger partial charge in [0.15, 0.2) is 0 Å². The minimum absolute atomic E-state index is 0.264. The molecule has 0 aliphatic heterocycles. The Kier molecular flexibility index (Phi) is 4.41. The molecule has 0 aliphatic carbocycles. The maximum absolute atomic E-state index is 9.20. The average molecular weight is 302 g/mol. The first-order chi connectivity index (χ1) is 11.4. The van der Waals surface area contributed by atoms with Gasteiger partial charge in [0.05, 0.1) is 0 Å². The van der Waals surface area contributed by atoms with Crippen LogP contribution >= 0.6 is 0 Å². The molecule has 3 rings (SSSR count). The maximum atomic E-state index is 9.20. The van der Waals surface area contributed by atoms with Gasteiger partial charge in [-0.05, 0) is 28.8 Å². The molecule has 1 aromatic heterocycles. The van der Waals surface area contributed by atoms with E-state index in [0.29, 0.717) is 5.57 Å². The Labute approximate surface area is 133 Å². The highest BCUT2D eigenvalue weighted by Gasteiger charge is 2.07. The number of hydrogen-bond acceptors (Lipinski definition) is 5. The molecule has 0 amide bonds. The number of tetrazole rings is 1. The number of rotatable bonds is 5. The molecule has 0 aliphatic rings. The summed E-state index contributed by atoms with van der Waals surface area (Å²) in [4.78, 5) is 0. The summed E-state index contributed by atoms with van der Waals surface area (Å²) in [5.41, 5.74) is 3.62. The molecule has 0 saturated heterocycles. The third kappa shape index (κ3) is 3.60. The van der Waals surface area contributed by atoms with Crippen LogP contribution in [0.25, 0.3) is 5.57 Å². The number of hydrogen-bond donors (Lipinski definition) is 2. The zero-order valence-electron chi connectivity index (χ0n) is 12.3. The maximum Gasteiger partial charge on any atom is 0.216 e. The van der Waals surface area contributed by atoms with Crippen molar-refractivity contribution in [2.24, 2.45) is 0 Å². The molecular formula is C17H14N6. The van der Waals surface area contributed by atoms with E-state index in [9.17, 15) is 5.26 Å². The lowest BCUT2D eigenvalue weighted by atomic mass is 10.0. The summed E-state index contributed by atoms with van der Waals surface area (Å²) in [5, 5.41) is 25.8. The molecule has 0 atom stereocenters. The molecule has 2 aromatic carbocycles. The van der Waals surface area contributed by atoms with Crippen LogP contribution in [-0.4, -0.2) is 20.6 Å². The SMILES string of the molecule is N#CC(=CNc1ccccc1Cc1ccccc1)c1nn[nH]n1. The molecule has 0 fully saturated rings. The van der Waals surface area contributed by atoms with Crippen LogP contribution in [0.4, 0.5) is 5.69 Å². The van der Waals surface area contributed by atoms with E-state index in [2.05, 4.69) is 50.2 Å². The summed E-state index contributed by atoms with van der Waals surface area (Å²) in [6.45, 7) is 0. The number of aromatic nitrogens is 4. The van der Waals surface area contributed by atoms with Gasteiger partial charge >= 0.3 is 0 Å². The van der Waals surface area contributed by atoms with Crippen molar-refractivity contribution in [2.75, 3.05) is 5.32 Å². The van der Waals surface area contributed by atoms with Crippen molar-refractivity contribution in [3.63, 3.8) is 0 Å². The lowest BCUT2D eigenvalue weighted by molar-refractivity contribution is 0.881. The number of para-hydroxylation sites is 1. The van der Waals surface area contributed by atoms with Crippen molar-refractivity contribution in [3.8, 4) is 6.07 Å². The normalized spacial score (nSPS) is 11.0. The van der Waals surface area contributed by atoms with Gasteiger partial charge in [-0.15, -0.1) is 10.2 Å². The van der Waals surface area contributed by atoms with Crippen LogP contribution in [0.3, 0.4) is 0 Å². The smallest absolute Gasteiger partial charge is 0.216 e. The summed E-state index contributed by atoms with van der Waals surface area (Å²) in [6, 6.07) is 20.3. The average Bonchev–Trinajstić information content (AvgIpc) is 3.12. The van der Waals surface area contributed by atoms with Gasteiger partial charge in [-0.1, -0.05) is 48.5 Å². The van der Waals surface area contributed by atoms with Gasteiger partial charge in [0.25, 0.3) is 0 Å². The molecule has 23 heavy (non-hydrogen) atoms. The molecule has 2 N–H and O–H groups in total. The van der Waals surface area contributed by atoms with Gasteiger partial charge in [0.1, 0.15) is 11.6 Å². The first kappa shape index (κ1) is 14.5. The number of benzene rings is 2. The lowest BCUT2D eigenvalue weighted by Gasteiger charge is -2.09. The van der Waals surface area contributed by atoms with E-state index in [1.807, 2.05) is 36.4 Å². The van der Waals surface area contributed by atoms with E-state index < -0.39 is 0 Å². The Hall–Kier alpha value is -3.46. The van der Waals surface area contributed by atoms with Gasteiger partial charge in [0.2, 0.25) is 5.82 Å². The van der Waals surface area contributed by atoms with E-state index in [-0.39, 0.29) is 5.82 Å². The summed E-state index contributed by atoms with van der Waals surface area (Å²) in [5.74, 6) is 0.264. The van der Waals surface area contributed by atoms with Crippen molar-refractivity contribution in [2.45, 2.75) is 6.42 Å². The fourth-order valence-corrected chi connectivity index (χ4v) is 2.20. The lowest BCUT2D eigenvalue weighted by Crippen LogP contribution is -1.98. The Balaban J connectivity index is 1.82. The Morgan fingerprint density at radius 2 is 1.91 bits per heavy atom. The second kappa shape index (κ2) is 7.00. The molecule has 0 spiro atoms. The van der Waals surface area contributed by atoms with Crippen molar-refractivity contribution in [3.05, 3.63) is 77.7 Å². The first-order valence-electron chi connectivity index (χ1n) is 7.09. The van der Waals surface area contributed by atoms with Crippen LogP contribution in [-0.2, 0) is 6.42 Å². The van der Waals surface area contributed by atoms with Gasteiger partial charge < -0.3 is 5.32 Å². The number of aromatic amines is 1. The summed E-state index contributed by atoms with van der Waals surface area (Å²) < 4.78 is 0. The highest BCUT2D eigenvalue weighted by atomic mass is 15.5. The monoisotopic (exact) mass is 302 g/mol. The van der Waals surface area contributed by atoms with E-state index in [0.717, 1.165) is 17.7 Å². The summed E-state index contributed by atoms with van der Waals surface area (Å²) in [7, 11) is 0. The van der Waals surface area contributed by atoms with Gasteiger partial charge in [-0.3, -0.25) is 0 Å². The second-order valence-electron chi connectivity index (χ2n) is 4.87. The number of anilines is 1. The molecule has 6 nitrogen and oxygen atoms in total. The molecule has 112 valence electrons. The summed E-state index contributed by atoms with van der Waals surface area (Å²) in [6.07, 6.45) is 2.40. The predicted molar refractivity (Wildman–Crippen MR) is 87.1 cm³/mol. The van der Waals surface area contributed by atoms with Gasteiger partial charge in [-0.2, -0.15) is 10.5 Å². The number of H-pyrrole nitrogens is 1. The minimum atomic E-state index is 0.264. The van der Waals surface area contributed by atoms with Crippen LogP contribution in [0.15, 0.2) is 60.8 Å². The quantitative estimate of drug-likeness (QED) is 0.707. The van der Waals surface area contributed by atoms with E-state index in [1.54, 1.807) is 6.20 Å². The topological polar surface area (TPSA) is 90.3 Å². The van der Waals surface area contributed by atoms with Crippen LogP contribution in [0.5, 0.6) is 0 Å². The molecule has 3 aromatic rings. The van der Waals surface area contributed by atoms with Crippen LogP contribution < -0.4 is 5.32 Å². The third-order valence-corrected chi connectivity index (χ3v) is 3.33. The zero-order valence-corrected chi connectivity index (χ0v) is 12.3. The van der Waals surface area contributed by atoms with Crippen molar-refractivity contribution in [1.29, 1.82) is 5.26 Å². The molecule has 0 unspecified atom stereocenters. The standard InChI is InChI=1S/C17H14N6/c18-11-15(17-20-22-23-21-17)12-19-16-9-5-4-8-14(16)10-13-6-2-1-3-7-13/h1-9,12,19H,10H2,(H,20,21,22,23). The van der Waals surface area contributed by atoms with E-state index in [4.69, 9.17) is 0 Å². The Morgan fingerprint density at radius 1 is 1.13 bits per heavy atom. The van der Waals surface area contributed by atoms with Crippen LogP contribution in [0, 0.1) is 11.3 Å². The number of nitrogens with zero attached hydrogens (tertiary/aromatic N) is 4. The van der Waals surface area contributed by atoms with Crippen molar-refractivity contribution in [1.82, 2.24) is 20.6 Å². The molecular weight excluding hydrogens is 288 g/mol. The second-order valence-corrected chi connectivity index (χ2v) is 4.87. The summed E-state index contributed by atoms with van der Waals surface area (Å²) >= 11 is 0. The van der Waals surface area contributed by atoms with Crippen molar-refractivity contribution < 1.29 is 0 Å². The molecule has 6 heteroatoms. The minimum Gasteiger partial charge on any atom is -0.360 e. The highest BCUT2D eigenvalue weighted by molar-refractivity contribution is 5.74. The zero-order chi connectivity index (χ0) is 15.9. The van der Waals surface area contributed by atoms with Gasteiger partial charge in [-0.25, -0.2) is 0 Å².